The highest BCUT2D eigenvalue weighted by atomic mass is 35.5. The number of halogens is 2. The summed E-state index contributed by atoms with van der Waals surface area (Å²) >= 11 is 7.30. The predicted molar refractivity (Wildman–Crippen MR) is 85.1 cm³/mol. The van der Waals surface area contributed by atoms with Gasteiger partial charge in [0.2, 0.25) is 0 Å². The molecule has 3 N–H and O–H groups in total. The third-order valence-corrected chi connectivity index (χ3v) is 4.67. The second-order valence-electron chi connectivity index (χ2n) is 4.63. The summed E-state index contributed by atoms with van der Waals surface area (Å²) in [5.74, 6) is 5.86. The number of thiophene rings is 1. The van der Waals surface area contributed by atoms with Crippen LogP contribution in [0, 0.1) is 19.7 Å². The number of nitrogen functional groups attached to an aromatic ring is 1. The molecule has 21 heavy (non-hydrogen) atoms. The molecular formula is C14H12ClFN4S. The zero-order chi connectivity index (χ0) is 15.1. The van der Waals surface area contributed by atoms with Gasteiger partial charge in [0.05, 0.1) is 10.9 Å². The molecule has 0 radical (unpaired) electrons. The zero-order valence-corrected chi connectivity index (χ0v) is 12.9. The van der Waals surface area contributed by atoms with Crippen molar-refractivity contribution in [3.05, 3.63) is 39.5 Å². The molecule has 0 aliphatic rings. The van der Waals surface area contributed by atoms with E-state index in [2.05, 4.69) is 15.4 Å². The van der Waals surface area contributed by atoms with Gasteiger partial charge in [-0.15, -0.1) is 11.3 Å². The Morgan fingerprint density at radius 3 is 2.71 bits per heavy atom. The van der Waals surface area contributed by atoms with Gasteiger partial charge in [0, 0.05) is 9.90 Å². The Morgan fingerprint density at radius 2 is 2.05 bits per heavy atom. The number of hydrogen-bond acceptors (Lipinski definition) is 5. The number of aromatic nitrogens is 2. The highest BCUT2D eigenvalue weighted by Gasteiger charge is 2.16. The average molecular weight is 323 g/mol. The summed E-state index contributed by atoms with van der Waals surface area (Å²) in [7, 11) is 0. The number of aryl methyl sites for hydroxylation is 2. The van der Waals surface area contributed by atoms with Crippen molar-refractivity contribution < 1.29 is 4.39 Å². The van der Waals surface area contributed by atoms with Crippen LogP contribution in [0.1, 0.15) is 10.4 Å². The molecule has 108 valence electrons. The van der Waals surface area contributed by atoms with E-state index in [-0.39, 0.29) is 5.82 Å². The van der Waals surface area contributed by atoms with Crippen LogP contribution >= 0.6 is 22.9 Å². The first kappa shape index (κ1) is 14.2. The molecule has 3 aromatic rings. The molecule has 3 rings (SSSR count). The second-order valence-corrected chi connectivity index (χ2v) is 6.27. The molecule has 2 heterocycles. The Bertz CT molecular complexity index is 847. The Balaban J connectivity index is 2.29. The van der Waals surface area contributed by atoms with Crippen LogP contribution in [0.15, 0.2) is 18.2 Å². The monoisotopic (exact) mass is 322 g/mol. The van der Waals surface area contributed by atoms with Crippen LogP contribution in [-0.4, -0.2) is 9.97 Å². The maximum atomic E-state index is 14.0. The summed E-state index contributed by atoms with van der Waals surface area (Å²) < 4.78 is 14.0. The van der Waals surface area contributed by atoms with Crippen molar-refractivity contribution in [2.24, 2.45) is 5.84 Å². The van der Waals surface area contributed by atoms with Gasteiger partial charge in [0.15, 0.2) is 11.6 Å². The third kappa shape index (κ3) is 2.35. The summed E-state index contributed by atoms with van der Waals surface area (Å²) in [6.07, 6.45) is 0. The molecule has 0 saturated carbocycles. The number of nitrogens with zero attached hydrogens (tertiary/aromatic N) is 2. The van der Waals surface area contributed by atoms with Crippen molar-refractivity contribution in [2.45, 2.75) is 13.8 Å². The fourth-order valence-electron chi connectivity index (χ4n) is 2.15. The van der Waals surface area contributed by atoms with Crippen LogP contribution in [0.2, 0.25) is 5.02 Å². The lowest BCUT2D eigenvalue weighted by Gasteiger charge is -2.07. The molecule has 0 saturated heterocycles. The molecule has 7 heteroatoms. The zero-order valence-electron chi connectivity index (χ0n) is 11.4. The molecule has 0 atom stereocenters. The predicted octanol–water partition coefficient (Wildman–Crippen LogP) is 4.05. The van der Waals surface area contributed by atoms with Gasteiger partial charge in [-0.25, -0.2) is 20.2 Å². The minimum absolute atomic E-state index is 0.283. The molecule has 4 nitrogen and oxygen atoms in total. The summed E-state index contributed by atoms with van der Waals surface area (Å²) in [5, 5.41) is 1.20. The third-order valence-electron chi connectivity index (χ3n) is 3.34. The number of rotatable bonds is 2. The number of hydrogen-bond donors (Lipinski definition) is 2. The molecule has 0 amide bonds. The highest BCUT2D eigenvalue weighted by Crippen LogP contribution is 2.35. The highest BCUT2D eigenvalue weighted by molar-refractivity contribution is 7.18. The van der Waals surface area contributed by atoms with Crippen LogP contribution in [-0.2, 0) is 0 Å². The van der Waals surface area contributed by atoms with E-state index >= 15 is 0 Å². The number of hydrazine groups is 1. The normalized spacial score (nSPS) is 11.1. The van der Waals surface area contributed by atoms with Crippen molar-refractivity contribution in [2.75, 3.05) is 5.43 Å². The first-order valence-corrected chi connectivity index (χ1v) is 7.40. The van der Waals surface area contributed by atoms with Crippen LogP contribution in [0.4, 0.5) is 10.2 Å². The molecule has 0 unspecified atom stereocenters. The molecular weight excluding hydrogens is 311 g/mol. The van der Waals surface area contributed by atoms with E-state index in [1.165, 1.54) is 17.4 Å². The lowest BCUT2D eigenvalue weighted by molar-refractivity contribution is 0.630. The fourth-order valence-corrected chi connectivity index (χ4v) is 3.33. The number of nitrogens with two attached hydrogens (primary N) is 1. The van der Waals surface area contributed by atoms with Gasteiger partial charge in [-0.3, -0.25) is 0 Å². The molecule has 1 aromatic carbocycles. The largest absolute Gasteiger partial charge is 0.308 e. The second kappa shape index (κ2) is 5.22. The van der Waals surface area contributed by atoms with Gasteiger partial charge >= 0.3 is 0 Å². The van der Waals surface area contributed by atoms with Crippen LogP contribution in [0.25, 0.3) is 21.6 Å². The lowest BCUT2D eigenvalue weighted by atomic mass is 10.1. The van der Waals surface area contributed by atoms with Crippen molar-refractivity contribution in [3.8, 4) is 11.4 Å². The summed E-state index contributed by atoms with van der Waals surface area (Å²) in [4.78, 5) is 10.7. The minimum atomic E-state index is -0.463. The summed E-state index contributed by atoms with van der Waals surface area (Å²) in [6.45, 7) is 3.99. The number of fused-ring (bicyclic) bond motifs is 1. The van der Waals surface area contributed by atoms with Crippen molar-refractivity contribution in [1.29, 1.82) is 0 Å². The van der Waals surface area contributed by atoms with Gasteiger partial charge in [0.1, 0.15) is 10.6 Å². The Labute approximate surface area is 129 Å². The number of benzene rings is 1. The van der Waals surface area contributed by atoms with E-state index in [0.29, 0.717) is 16.4 Å². The fraction of sp³-hybridized carbons (Fsp3) is 0.143. The quantitative estimate of drug-likeness (QED) is 0.552. The van der Waals surface area contributed by atoms with Gasteiger partial charge in [-0.2, -0.15) is 0 Å². The number of anilines is 1. The van der Waals surface area contributed by atoms with E-state index in [0.717, 1.165) is 20.7 Å². The summed E-state index contributed by atoms with van der Waals surface area (Å²) in [5.41, 5.74) is 3.94. The van der Waals surface area contributed by atoms with E-state index in [9.17, 15) is 4.39 Å². The van der Waals surface area contributed by atoms with E-state index < -0.39 is 5.82 Å². The number of nitrogens with one attached hydrogen (secondary N) is 1. The van der Waals surface area contributed by atoms with E-state index in [1.54, 1.807) is 12.1 Å². The van der Waals surface area contributed by atoms with E-state index in [1.807, 2.05) is 13.8 Å². The van der Waals surface area contributed by atoms with Crippen molar-refractivity contribution >= 4 is 39.0 Å². The molecule has 0 spiro atoms. The van der Waals surface area contributed by atoms with Gasteiger partial charge in [0.25, 0.3) is 0 Å². The van der Waals surface area contributed by atoms with Crippen LogP contribution in [0.5, 0.6) is 0 Å². The lowest BCUT2D eigenvalue weighted by Crippen LogP contribution is -2.10. The maximum absolute atomic E-state index is 14.0. The van der Waals surface area contributed by atoms with E-state index in [4.69, 9.17) is 17.4 Å². The Hall–Kier alpha value is -1.76. The van der Waals surface area contributed by atoms with Gasteiger partial charge < -0.3 is 5.43 Å². The van der Waals surface area contributed by atoms with Gasteiger partial charge in [-0.1, -0.05) is 11.6 Å². The standard InChI is InChI=1S/C14H12ClFN4S/c1-6-7(2)21-14-11(6)13(20-17)18-12(19-14)9-4-3-8(15)5-10(9)16/h3-5H,17H2,1-2H3,(H,18,19,20). The molecule has 0 aliphatic heterocycles. The smallest absolute Gasteiger partial charge is 0.166 e. The molecule has 0 aliphatic carbocycles. The molecule has 0 bridgehead atoms. The SMILES string of the molecule is Cc1sc2nc(-c3ccc(Cl)cc3F)nc(NN)c2c1C. The molecule has 2 aromatic heterocycles. The Morgan fingerprint density at radius 1 is 1.29 bits per heavy atom. The van der Waals surface area contributed by atoms with Crippen LogP contribution < -0.4 is 11.3 Å². The van der Waals surface area contributed by atoms with Crippen LogP contribution in [0.3, 0.4) is 0 Å². The first-order chi connectivity index (χ1) is 10.0. The van der Waals surface area contributed by atoms with Crippen molar-refractivity contribution in [3.63, 3.8) is 0 Å². The molecule has 0 fully saturated rings. The first-order valence-electron chi connectivity index (χ1n) is 6.21. The summed E-state index contributed by atoms with van der Waals surface area (Å²) in [6, 6.07) is 4.41. The average Bonchev–Trinajstić information content (AvgIpc) is 2.73. The van der Waals surface area contributed by atoms with Crippen molar-refractivity contribution in [1.82, 2.24) is 9.97 Å². The van der Waals surface area contributed by atoms with Gasteiger partial charge in [-0.05, 0) is 37.6 Å². The maximum Gasteiger partial charge on any atom is 0.166 e. The Kier molecular flexibility index (Phi) is 3.52. The topological polar surface area (TPSA) is 63.8 Å². The minimum Gasteiger partial charge on any atom is -0.308 e.